The van der Waals surface area contributed by atoms with Crippen molar-refractivity contribution in [2.75, 3.05) is 18.6 Å². The van der Waals surface area contributed by atoms with Crippen LogP contribution in [0.25, 0.3) is 15.9 Å². The predicted molar refractivity (Wildman–Crippen MR) is 92.3 cm³/mol. The molecule has 114 valence electrons. The third-order valence-corrected chi connectivity index (χ3v) is 4.93. The number of benzene rings is 1. The zero-order chi connectivity index (χ0) is 15.5. The molecule has 0 fully saturated rings. The molecule has 0 aliphatic rings. The molecule has 0 radical (unpaired) electrons. The van der Waals surface area contributed by atoms with Crippen LogP contribution in [0.5, 0.6) is 0 Å². The number of nitrogens with zero attached hydrogens (tertiary/aromatic N) is 2. The number of fused-ring (bicyclic) bond motifs is 1. The number of rotatable bonds is 5. The highest BCUT2D eigenvalue weighted by molar-refractivity contribution is 7.98. The molecule has 0 saturated carbocycles. The zero-order valence-corrected chi connectivity index (χ0v) is 14.0. The normalized spacial score (nSPS) is 11.0. The van der Waals surface area contributed by atoms with Crippen molar-refractivity contribution in [3.63, 3.8) is 0 Å². The highest BCUT2D eigenvalue weighted by atomic mass is 32.2. The predicted octanol–water partition coefficient (Wildman–Crippen LogP) is 3.92. The molecule has 0 bridgehead atoms. The summed E-state index contributed by atoms with van der Waals surface area (Å²) in [6.45, 7) is 2.40. The molecule has 0 atom stereocenters. The first-order chi connectivity index (χ1) is 10.7. The number of esters is 1. The van der Waals surface area contributed by atoms with Crippen LogP contribution < -0.4 is 0 Å². The summed E-state index contributed by atoms with van der Waals surface area (Å²) in [7, 11) is 0. The molecule has 2 aromatic heterocycles. The number of hydrogen-bond acceptors (Lipinski definition) is 5. The van der Waals surface area contributed by atoms with Gasteiger partial charge in [0.2, 0.25) is 0 Å². The molecule has 3 rings (SSSR count). The van der Waals surface area contributed by atoms with Gasteiger partial charge in [0.25, 0.3) is 0 Å². The fraction of sp³-hybridized carbons (Fsp3) is 0.250. The van der Waals surface area contributed by atoms with Crippen molar-refractivity contribution in [1.82, 2.24) is 9.78 Å². The summed E-state index contributed by atoms with van der Waals surface area (Å²) in [6, 6.07) is 11.8. The largest absolute Gasteiger partial charge is 0.461 e. The molecule has 0 aliphatic carbocycles. The number of hydrogen-bond donors (Lipinski definition) is 0. The average Bonchev–Trinajstić information content (AvgIpc) is 3.09. The van der Waals surface area contributed by atoms with Crippen LogP contribution >= 0.6 is 23.1 Å². The minimum Gasteiger partial charge on any atom is -0.461 e. The molecule has 2 heterocycles. The fourth-order valence-corrected chi connectivity index (χ4v) is 3.51. The molecule has 1 aromatic carbocycles. The van der Waals surface area contributed by atoms with Crippen LogP contribution in [0.2, 0.25) is 0 Å². The molecule has 3 aromatic rings. The van der Waals surface area contributed by atoms with Gasteiger partial charge < -0.3 is 4.74 Å². The Labute approximate surface area is 137 Å². The molecule has 4 nitrogen and oxygen atoms in total. The lowest BCUT2D eigenvalue weighted by molar-refractivity contribution is 0.0536. The Morgan fingerprint density at radius 3 is 2.86 bits per heavy atom. The molecule has 0 unspecified atom stereocenters. The van der Waals surface area contributed by atoms with Crippen LogP contribution in [0.1, 0.15) is 15.4 Å². The van der Waals surface area contributed by atoms with Crippen molar-refractivity contribution in [1.29, 1.82) is 0 Å². The van der Waals surface area contributed by atoms with Crippen molar-refractivity contribution in [2.45, 2.75) is 6.92 Å². The second-order valence-electron chi connectivity index (χ2n) is 4.79. The quantitative estimate of drug-likeness (QED) is 0.525. The van der Waals surface area contributed by atoms with Gasteiger partial charge in [-0.15, -0.1) is 11.3 Å². The standard InChI is InChI=1S/C16H16N2O2S2/c1-11-13-10-14(16(19)20-8-9-21-2)22-15(13)18(17-11)12-6-4-3-5-7-12/h3-7,10H,8-9H2,1-2H3. The second kappa shape index (κ2) is 6.54. The van der Waals surface area contributed by atoms with Crippen molar-refractivity contribution >= 4 is 39.3 Å². The summed E-state index contributed by atoms with van der Waals surface area (Å²) in [5.41, 5.74) is 1.91. The number of thiophene rings is 1. The van der Waals surface area contributed by atoms with E-state index >= 15 is 0 Å². The smallest absolute Gasteiger partial charge is 0.348 e. The number of carbonyl (C=O) groups excluding carboxylic acids is 1. The maximum Gasteiger partial charge on any atom is 0.348 e. The van der Waals surface area contributed by atoms with Crippen molar-refractivity contribution in [3.8, 4) is 5.69 Å². The maximum absolute atomic E-state index is 12.1. The van der Waals surface area contributed by atoms with Gasteiger partial charge in [0.15, 0.2) is 0 Å². The Bertz CT molecular complexity index is 793. The Morgan fingerprint density at radius 2 is 2.14 bits per heavy atom. The Kier molecular flexibility index (Phi) is 4.49. The van der Waals surface area contributed by atoms with E-state index in [4.69, 9.17) is 4.74 Å². The molecular weight excluding hydrogens is 316 g/mol. The van der Waals surface area contributed by atoms with Gasteiger partial charge in [-0.3, -0.25) is 0 Å². The first kappa shape index (κ1) is 15.1. The summed E-state index contributed by atoms with van der Waals surface area (Å²) in [4.78, 5) is 13.7. The molecule has 0 amide bonds. The van der Waals surface area contributed by atoms with E-state index in [1.165, 1.54) is 11.3 Å². The third-order valence-electron chi connectivity index (χ3n) is 3.27. The van der Waals surface area contributed by atoms with Gasteiger partial charge in [-0.05, 0) is 31.4 Å². The lowest BCUT2D eigenvalue weighted by Crippen LogP contribution is -2.06. The van der Waals surface area contributed by atoms with Gasteiger partial charge in [0.05, 0.1) is 11.4 Å². The molecule has 0 saturated heterocycles. The monoisotopic (exact) mass is 332 g/mol. The minimum absolute atomic E-state index is 0.255. The highest BCUT2D eigenvalue weighted by Gasteiger charge is 2.17. The van der Waals surface area contributed by atoms with E-state index in [1.807, 2.05) is 54.3 Å². The number of aromatic nitrogens is 2. The maximum atomic E-state index is 12.1. The van der Waals surface area contributed by atoms with Gasteiger partial charge in [-0.25, -0.2) is 9.48 Å². The second-order valence-corrected chi connectivity index (χ2v) is 6.81. The van der Waals surface area contributed by atoms with Crippen LogP contribution in [0.4, 0.5) is 0 Å². The van der Waals surface area contributed by atoms with E-state index in [-0.39, 0.29) is 5.97 Å². The Hall–Kier alpha value is -1.79. The molecule has 0 spiro atoms. The molecule has 6 heteroatoms. The first-order valence-corrected chi connectivity index (χ1v) is 9.12. The number of aryl methyl sites for hydroxylation is 1. The van der Waals surface area contributed by atoms with E-state index < -0.39 is 0 Å². The Balaban J connectivity index is 1.95. The van der Waals surface area contributed by atoms with Crippen molar-refractivity contribution in [3.05, 3.63) is 47.0 Å². The van der Waals surface area contributed by atoms with E-state index in [9.17, 15) is 4.79 Å². The topological polar surface area (TPSA) is 44.1 Å². The third kappa shape index (κ3) is 2.89. The summed E-state index contributed by atoms with van der Waals surface area (Å²) in [5.74, 6) is 0.558. The number of thioether (sulfide) groups is 1. The molecule has 0 aliphatic heterocycles. The highest BCUT2D eigenvalue weighted by Crippen LogP contribution is 2.30. The lowest BCUT2D eigenvalue weighted by atomic mass is 10.3. The summed E-state index contributed by atoms with van der Waals surface area (Å²) in [6.07, 6.45) is 1.99. The zero-order valence-electron chi connectivity index (χ0n) is 12.4. The van der Waals surface area contributed by atoms with Crippen LogP contribution in [-0.2, 0) is 4.74 Å². The Morgan fingerprint density at radius 1 is 1.36 bits per heavy atom. The number of carbonyl (C=O) groups is 1. The molecule has 0 N–H and O–H groups in total. The summed E-state index contributed by atoms with van der Waals surface area (Å²) < 4.78 is 7.16. The van der Waals surface area contributed by atoms with Crippen molar-refractivity contribution in [2.24, 2.45) is 0 Å². The van der Waals surface area contributed by atoms with Crippen molar-refractivity contribution < 1.29 is 9.53 Å². The molecule has 22 heavy (non-hydrogen) atoms. The first-order valence-electron chi connectivity index (χ1n) is 6.91. The fourth-order valence-electron chi connectivity index (χ4n) is 2.18. The van der Waals surface area contributed by atoms with E-state index in [2.05, 4.69) is 5.10 Å². The number of para-hydroxylation sites is 1. The SMILES string of the molecule is CSCCOC(=O)c1cc2c(C)nn(-c3ccccc3)c2s1. The minimum atomic E-state index is -0.255. The van der Waals surface area contributed by atoms with Crippen LogP contribution in [0.15, 0.2) is 36.4 Å². The van der Waals surface area contributed by atoms with Crippen LogP contribution in [0, 0.1) is 6.92 Å². The summed E-state index contributed by atoms with van der Waals surface area (Å²) >= 11 is 3.08. The van der Waals surface area contributed by atoms with E-state index in [0.29, 0.717) is 11.5 Å². The van der Waals surface area contributed by atoms with Gasteiger partial charge >= 0.3 is 5.97 Å². The van der Waals surface area contributed by atoms with Crippen LogP contribution in [0.3, 0.4) is 0 Å². The lowest BCUT2D eigenvalue weighted by Gasteiger charge is -2.02. The van der Waals surface area contributed by atoms with Gasteiger partial charge in [0.1, 0.15) is 16.3 Å². The average molecular weight is 332 g/mol. The summed E-state index contributed by atoms with van der Waals surface area (Å²) in [5, 5.41) is 5.57. The van der Waals surface area contributed by atoms with Gasteiger partial charge in [-0.2, -0.15) is 16.9 Å². The van der Waals surface area contributed by atoms with E-state index in [0.717, 1.165) is 27.4 Å². The van der Waals surface area contributed by atoms with Gasteiger partial charge in [-0.1, -0.05) is 18.2 Å². The number of ether oxygens (including phenoxy) is 1. The van der Waals surface area contributed by atoms with Gasteiger partial charge in [0, 0.05) is 11.1 Å². The van der Waals surface area contributed by atoms with E-state index in [1.54, 1.807) is 11.8 Å². The molecular formula is C16H16N2O2S2. The van der Waals surface area contributed by atoms with Crippen LogP contribution in [-0.4, -0.2) is 34.4 Å².